The van der Waals surface area contributed by atoms with Crippen LogP contribution in [0.25, 0.3) is 11.4 Å². The number of Topliss-reactive ketones (excluding diaryl/α,β-unsaturated/α-hetero) is 1. The Hall–Kier alpha value is -3.06. The number of carbonyl (C=O) groups is 2. The lowest BCUT2D eigenvalue weighted by molar-refractivity contribution is -0.130. The average molecular weight is 464 g/mol. The van der Waals surface area contributed by atoms with Gasteiger partial charge in [0.2, 0.25) is 5.91 Å². The lowest BCUT2D eigenvalue weighted by Crippen LogP contribution is -2.42. The van der Waals surface area contributed by atoms with E-state index in [4.69, 9.17) is 16.7 Å². The maximum absolute atomic E-state index is 12.9. The van der Waals surface area contributed by atoms with Gasteiger partial charge < -0.3 is 9.84 Å². The normalized spacial score (nSPS) is 19.1. The van der Waals surface area contributed by atoms with E-state index in [2.05, 4.69) is 39.7 Å². The van der Waals surface area contributed by atoms with Gasteiger partial charge in [0.1, 0.15) is 0 Å². The van der Waals surface area contributed by atoms with Crippen molar-refractivity contribution in [2.45, 2.75) is 57.4 Å². The zero-order valence-corrected chi connectivity index (χ0v) is 19.6. The number of amides is 1. The molecule has 0 radical (unpaired) electrons. The van der Waals surface area contributed by atoms with Gasteiger partial charge in [0, 0.05) is 17.9 Å². The molecule has 1 aliphatic rings. The van der Waals surface area contributed by atoms with Gasteiger partial charge in [-0.05, 0) is 61.9 Å². The first-order valence-corrected chi connectivity index (χ1v) is 11.9. The van der Waals surface area contributed by atoms with Crippen LogP contribution >= 0.6 is 12.2 Å². The van der Waals surface area contributed by atoms with Gasteiger partial charge in [-0.1, -0.05) is 61.0 Å². The molecule has 1 amide bonds. The topological polar surface area (TPSA) is 88.0 Å². The highest BCUT2D eigenvalue weighted by atomic mass is 32.1. The van der Waals surface area contributed by atoms with Crippen molar-refractivity contribution in [3.8, 4) is 11.4 Å². The number of rotatable bonds is 8. The van der Waals surface area contributed by atoms with Crippen molar-refractivity contribution in [3.05, 3.63) is 70.6 Å². The number of carbonyl (C=O) groups excluding carboxylic acids is 2. The van der Waals surface area contributed by atoms with E-state index in [1.807, 2.05) is 30.3 Å². The van der Waals surface area contributed by atoms with Crippen LogP contribution in [0.2, 0.25) is 0 Å². The summed E-state index contributed by atoms with van der Waals surface area (Å²) < 4.78 is 4.96. The zero-order chi connectivity index (χ0) is 23.2. The number of nitrogens with zero attached hydrogens (tertiary/aromatic N) is 1. The predicted molar refractivity (Wildman–Crippen MR) is 129 cm³/mol. The van der Waals surface area contributed by atoms with Crippen LogP contribution in [0.15, 0.2) is 59.1 Å². The first-order valence-electron chi connectivity index (χ1n) is 11.5. The Balaban J connectivity index is 1.26. The van der Waals surface area contributed by atoms with E-state index in [-0.39, 0.29) is 22.4 Å². The van der Waals surface area contributed by atoms with Crippen LogP contribution in [0.5, 0.6) is 0 Å². The fourth-order valence-corrected chi connectivity index (χ4v) is 4.67. The minimum absolute atomic E-state index is 0.00538. The standard InChI is InChI=1S/C26H29N3O3S/c1-17(27-25(31)22-9-5-8-21(16-22)19-6-3-2-4-7-19)23(30)15-12-18-10-13-20(14-11-18)24-28-26(33)32-29-24/h2-4,6-7,10-11,13-14,17,21-22H,5,8-9,12,15-16H2,1H3,(H,27,31)(H,28,29,33)/t17-,21-,22+/m0/s1. The Morgan fingerprint density at radius 3 is 2.61 bits per heavy atom. The van der Waals surface area contributed by atoms with E-state index in [0.29, 0.717) is 24.6 Å². The minimum Gasteiger partial charge on any atom is -0.348 e. The molecule has 1 aliphatic carbocycles. The highest BCUT2D eigenvalue weighted by molar-refractivity contribution is 7.71. The van der Waals surface area contributed by atoms with Gasteiger partial charge in [-0.3, -0.25) is 9.59 Å². The van der Waals surface area contributed by atoms with Gasteiger partial charge in [0.25, 0.3) is 0 Å². The number of aromatic amines is 1. The summed E-state index contributed by atoms with van der Waals surface area (Å²) in [5.74, 6) is 1.01. The SMILES string of the molecule is C[C@H](NC(=O)[C@@H]1CCC[C@H](c2ccccc2)C1)C(=O)CCc1ccc(-c2nc(=S)o[nH]2)cc1. The molecular weight excluding hydrogens is 434 g/mol. The summed E-state index contributed by atoms with van der Waals surface area (Å²) in [6.45, 7) is 1.79. The second-order valence-electron chi connectivity index (χ2n) is 8.80. The molecule has 1 fully saturated rings. The fraction of sp³-hybridized carbons (Fsp3) is 0.385. The van der Waals surface area contributed by atoms with Crippen molar-refractivity contribution in [2.75, 3.05) is 0 Å². The van der Waals surface area contributed by atoms with Gasteiger partial charge in [-0.15, -0.1) is 0 Å². The molecule has 4 rings (SSSR count). The molecule has 0 saturated heterocycles. The summed E-state index contributed by atoms with van der Waals surface area (Å²) >= 11 is 4.88. The molecule has 1 saturated carbocycles. The molecule has 33 heavy (non-hydrogen) atoms. The number of hydrogen-bond acceptors (Lipinski definition) is 5. The number of H-pyrrole nitrogens is 1. The molecule has 0 spiro atoms. The van der Waals surface area contributed by atoms with Crippen LogP contribution in [0.4, 0.5) is 0 Å². The molecule has 0 aliphatic heterocycles. The van der Waals surface area contributed by atoms with E-state index in [0.717, 1.165) is 36.8 Å². The average Bonchev–Trinajstić information content (AvgIpc) is 3.29. The molecule has 3 aromatic rings. The Morgan fingerprint density at radius 2 is 1.91 bits per heavy atom. The van der Waals surface area contributed by atoms with Gasteiger partial charge in [0.15, 0.2) is 11.6 Å². The van der Waals surface area contributed by atoms with Crippen LogP contribution in [-0.4, -0.2) is 27.9 Å². The lowest BCUT2D eigenvalue weighted by Gasteiger charge is -2.29. The number of aromatic nitrogens is 2. The summed E-state index contributed by atoms with van der Waals surface area (Å²) in [4.78, 5) is 29.8. The molecule has 0 unspecified atom stereocenters. The highest BCUT2D eigenvalue weighted by Gasteiger charge is 2.29. The number of ketones is 1. The second kappa shape index (κ2) is 10.7. The number of aryl methyl sites for hydroxylation is 1. The molecule has 2 aromatic carbocycles. The second-order valence-corrected chi connectivity index (χ2v) is 9.14. The molecule has 1 heterocycles. The van der Waals surface area contributed by atoms with Gasteiger partial charge in [0.05, 0.1) is 6.04 Å². The first-order chi connectivity index (χ1) is 16.0. The van der Waals surface area contributed by atoms with Crippen LogP contribution in [0, 0.1) is 10.8 Å². The Labute approximate surface area is 198 Å². The predicted octanol–water partition coefficient (Wildman–Crippen LogP) is 5.38. The lowest BCUT2D eigenvalue weighted by atomic mass is 9.77. The molecule has 7 heteroatoms. The van der Waals surface area contributed by atoms with Crippen LogP contribution in [0.1, 0.15) is 56.1 Å². The van der Waals surface area contributed by atoms with Crippen molar-refractivity contribution < 1.29 is 14.1 Å². The van der Waals surface area contributed by atoms with E-state index >= 15 is 0 Å². The zero-order valence-electron chi connectivity index (χ0n) is 18.8. The van der Waals surface area contributed by atoms with Crippen molar-refractivity contribution in [2.24, 2.45) is 5.92 Å². The first kappa shape index (κ1) is 23.1. The fourth-order valence-electron chi connectivity index (χ4n) is 4.53. The van der Waals surface area contributed by atoms with Crippen molar-refractivity contribution in [3.63, 3.8) is 0 Å². The molecule has 172 valence electrons. The van der Waals surface area contributed by atoms with Crippen molar-refractivity contribution in [1.29, 1.82) is 0 Å². The highest BCUT2D eigenvalue weighted by Crippen LogP contribution is 2.36. The Kier molecular flexibility index (Phi) is 7.50. The van der Waals surface area contributed by atoms with Gasteiger partial charge in [-0.2, -0.15) is 4.98 Å². The van der Waals surface area contributed by atoms with Gasteiger partial charge >= 0.3 is 4.84 Å². The Morgan fingerprint density at radius 1 is 1.15 bits per heavy atom. The van der Waals surface area contributed by atoms with Crippen molar-refractivity contribution >= 4 is 23.9 Å². The molecule has 2 N–H and O–H groups in total. The summed E-state index contributed by atoms with van der Waals surface area (Å²) in [6.07, 6.45) is 4.88. The smallest absolute Gasteiger partial charge is 0.314 e. The van der Waals surface area contributed by atoms with E-state index < -0.39 is 6.04 Å². The monoisotopic (exact) mass is 463 g/mol. The summed E-state index contributed by atoms with van der Waals surface area (Å²) in [5.41, 5.74) is 3.22. The largest absolute Gasteiger partial charge is 0.348 e. The Bertz CT molecular complexity index is 1140. The quantitative estimate of drug-likeness (QED) is 0.438. The van der Waals surface area contributed by atoms with Crippen molar-refractivity contribution in [1.82, 2.24) is 15.5 Å². The molecular formula is C26H29N3O3S. The van der Waals surface area contributed by atoms with Crippen LogP contribution in [-0.2, 0) is 16.0 Å². The van der Waals surface area contributed by atoms with Gasteiger partial charge in [-0.25, -0.2) is 5.16 Å². The number of hydrogen-bond donors (Lipinski definition) is 2. The maximum atomic E-state index is 12.9. The third-order valence-corrected chi connectivity index (χ3v) is 6.66. The third kappa shape index (κ3) is 6.05. The molecule has 0 bridgehead atoms. The third-order valence-electron chi connectivity index (χ3n) is 6.48. The minimum atomic E-state index is -0.482. The number of nitrogens with one attached hydrogen (secondary N) is 2. The summed E-state index contributed by atoms with van der Waals surface area (Å²) in [5, 5.41) is 5.65. The van der Waals surface area contributed by atoms with Crippen LogP contribution in [0.3, 0.4) is 0 Å². The van der Waals surface area contributed by atoms with Crippen LogP contribution < -0.4 is 5.32 Å². The molecule has 1 aromatic heterocycles. The molecule has 3 atom stereocenters. The number of benzene rings is 2. The van der Waals surface area contributed by atoms with E-state index in [9.17, 15) is 9.59 Å². The maximum Gasteiger partial charge on any atom is 0.314 e. The molecule has 6 nitrogen and oxygen atoms in total. The summed E-state index contributed by atoms with van der Waals surface area (Å²) in [7, 11) is 0. The van der Waals surface area contributed by atoms with E-state index in [1.165, 1.54) is 5.56 Å². The summed E-state index contributed by atoms with van der Waals surface area (Å²) in [6, 6.07) is 17.7. The van der Waals surface area contributed by atoms with E-state index in [1.54, 1.807) is 6.92 Å².